The van der Waals surface area contributed by atoms with Crippen molar-refractivity contribution >= 4 is 33.0 Å². The Kier molecular flexibility index (Phi) is 3.96. The molecule has 2 rings (SSSR count). The quantitative estimate of drug-likeness (QED) is 0.937. The van der Waals surface area contributed by atoms with Gasteiger partial charge in [0.15, 0.2) is 0 Å². The lowest BCUT2D eigenvalue weighted by molar-refractivity contribution is 0.581. The second-order valence-electron chi connectivity index (χ2n) is 3.50. The summed E-state index contributed by atoms with van der Waals surface area (Å²) >= 11 is 7.26. The third-order valence-corrected chi connectivity index (χ3v) is 4.89. The second-order valence-corrected chi connectivity index (χ2v) is 6.96. The monoisotopic (exact) mass is 303 g/mol. The number of nitrogens with zero attached hydrogens (tertiary/aromatic N) is 2. The smallest absolute Gasteiger partial charge is 0.243 e. The number of pyridine rings is 1. The molecule has 18 heavy (non-hydrogen) atoms. The fraction of sp³-hybridized carbons (Fsp3) is 0.200. The van der Waals surface area contributed by atoms with Crippen molar-refractivity contribution in [3.05, 3.63) is 39.6 Å². The highest BCUT2D eigenvalue weighted by Crippen LogP contribution is 2.19. The predicted octanol–water partition coefficient (Wildman–Crippen LogP) is 1.98. The summed E-state index contributed by atoms with van der Waals surface area (Å²) in [6, 6.07) is 1.43. The summed E-state index contributed by atoms with van der Waals surface area (Å²) in [4.78, 5) is 8.84. The molecular formula is C10H10ClN3O2S2. The lowest BCUT2D eigenvalue weighted by Gasteiger charge is -2.05. The summed E-state index contributed by atoms with van der Waals surface area (Å²) in [5.74, 6) is 0. The molecule has 8 heteroatoms. The van der Waals surface area contributed by atoms with Crippen LogP contribution in [0.2, 0.25) is 5.02 Å². The summed E-state index contributed by atoms with van der Waals surface area (Å²) in [5.41, 5.74) is 0. The maximum atomic E-state index is 12.0. The highest BCUT2D eigenvalue weighted by Gasteiger charge is 2.18. The van der Waals surface area contributed by atoms with Crippen molar-refractivity contribution in [1.29, 1.82) is 0 Å². The third kappa shape index (κ3) is 3.05. The van der Waals surface area contributed by atoms with E-state index < -0.39 is 10.0 Å². The Morgan fingerprint density at radius 2 is 2.22 bits per heavy atom. The van der Waals surface area contributed by atoms with Gasteiger partial charge in [0.25, 0.3) is 0 Å². The van der Waals surface area contributed by atoms with Crippen molar-refractivity contribution < 1.29 is 8.42 Å². The first kappa shape index (κ1) is 13.4. The minimum Gasteiger partial charge on any atom is -0.263 e. The molecule has 0 fully saturated rings. The summed E-state index contributed by atoms with van der Waals surface area (Å²) in [5, 5.41) is 0.851. The molecule has 2 heterocycles. The highest BCUT2D eigenvalue weighted by atomic mass is 35.5. The van der Waals surface area contributed by atoms with Gasteiger partial charge in [-0.25, -0.2) is 18.1 Å². The molecule has 5 nitrogen and oxygen atoms in total. The van der Waals surface area contributed by atoms with Crippen molar-refractivity contribution in [2.75, 3.05) is 0 Å². The number of halogens is 1. The molecule has 96 valence electrons. The summed E-state index contributed by atoms with van der Waals surface area (Å²) in [7, 11) is -3.66. The van der Waals surface area contributed by atoms with E-state index in [-0.39, 0.29) is 16.5 Å². The van der Waals surface area contributed by atoms with Gasteiger partial charge in [0.05, 0.1) is 11.6 Å². The molecular weight excluding hydrogens is 294 g/mol. The minimum absolute atomic E-state index is 0.0278. The molecule has 0 aliphatic carbocycles. The molecule has 0 amide bonds. The van der Waals surface area contributed by atoms with Crippen LogP contribution in [0.4, 0.5) is 0 Å². The molecule has 0 saturated heterocycles. The molecule has 0 aromatic carbocycles. The van der Waals surface area contributed by atoms with E-state index in [0.717, 1.165) is 4.88 Å². The standard InChI is InChI=1S/C10H10ClN3O2S2/c1-7-4-13-10(17-7)6-14-18(15,16)9-5-12-3-2-8(9)11/h2-5,14H,6H2,1H3. The summed E-state index contributed by atoms with van der Waals surface area (Å²) in [6.07, 6.45) is 4.36. The number of hydrogen-bond acceptors (Lipinski definition) is 5. The molecule has 0 bridgehead atoms. The van der Waals surface area contributed by atoms with Crippen molar-refractivity contribution in [1.82, 2.24) is 14.7 Å². The average Bonchev–Trinajstić information content (AvgIpc) is 2.73. The Morgan fingerprint density at radius 1 is 1.44 bits per heavy atom. The van der Waals surface area contributed by atoms with Crippen LogP contribution in [0.15, 0.2) is 29.6 Å². The Morgan fingerprint density at radius 3 is 2.83 bits per heavy atom. The van der Waals surface area contributed by atoms with Crippen LogP contribution in [0.1, 0.15) is 9.88 Å². The van der Waals surface area contributed by atoms with Crippen LogP contribution in [0.3, 0.4) is 0 Å². The first-order chi connectivity index (χ1) is 8.49. The Labute approximate surface area is 114 Å². The average molecular weight is 304 g/mol. The zero-order valence-electron chi connectivity index (χ0n) is 9.42. The van der Waals surface area contributed by atoms with Gasteiger partial charge in [-0.2, -0.15) is 0 Å². The number of aryl methyl sites for hydroxylation is 1. The molecule has 2 aromatic rings. The molecule has 0 radical (unpaired) electrons. The fourth-order valence-electron chi connectivity index (χ4n) is 1.28. The molecule has 2 aromatic heterocycles. The van der Waals surface area contributed by atoms with Crippen LogP contribution in [0, 0.1) is 6.92 Å². The zero-order chi connectivity index (χ0) is 13.2. The topological polar surface area (TPSA) is 72.0 Å². The minimum atomic E-state index is -3.66. The Bertz CT molecular complexity index is 655. The van der Waals surface area contributed by atoms with E-state index in [9.17, 15) is 8.42 Å². The van der Waals surface area contributed by atoms with Gasteiger partial charge in [-0.05, 0) is 13.0 Å². The predicted molar refractivity (Wildman–Crippen MR) is 70.1 cm³/mol. The van der Waals surface area contributed by atoms with Gasteiger partial charge in [-0.1, -0.05) is 11.6 Å². The lowest BCUT2D eigenvalue weighted by atomic mass is 10.5. The lowest BCUT2D eigenvalue weighted by Crippen LogP contribution is -2.23. The van der Waals surface area contributed by atoms with Gasteiger partial charge in [-0.15, -0.1) is 11.3 Å². The van der Waals surface area contributed by atoms with Crippen molar-refractivity contribution in [2.45, 2.75) is 18.4 Å². The first-order valence-electron chi connectivity index (χ1n) is 4.99. The van der Waals surface area contributed by atoms with E-state index in [1.165, 1.54) is 29.8 Å². The molecule has 0 atom stereocenters. The highest BCUT2D eigenvalue weighted by molar-refractivity contribution is 7.89. The zero-order valence-corrected chi connectivity index (χ0v) is 11.8. The van der Waals surface area contributed by atoms with E-state index in [1.807, 2.05) is 6.92 Å². The molecule has 0 unspecified atom stereocenters. The second kappa shape index (κ2) is 5.31. The number of thiazole rings is 1. The summed E-state index contributed by atoms with van der Waals surface area (Å²) in [6.45, 7) is 2.06. The van der Waals surface area contributed by atoms with E-state index in [0.29, 0.717) is 5.01 Å². The van der Waals surface area contributed by atoms with Crippen LogP contribution < -0.4 is 4.72 Å². The normalized spacial score (nSPS) is 11.7. The molecule has 0 aliphatic rings. The SMILES string of the molecule is Cc1cnc(CNS(=O)(=O)c2cnccc2Cl)s1. The van der Waals surface area contributed by atoms with Crippen LogP contribution >= 0.6 is 22.9 Å². The molecule has 1 N–H and O–H groups in total. The van der Waals surface area contributed by atoms with Crippen LogP contribution in [0.25, 0.3) is 0 Å². The van der Waals surface area contributed by atoms with Gasteiger partial charge in [-0.3, -0.25) is 4.98 Å². The molecule has 0 aliphatic heterocycles. The number of hydrogen-bond donors (Lipinski definition) is 1. The van der Waals surface area contributed by atoms with Crippen LogP contribution in [0.5, 0.6) is 0 Å². The molecule has 0 saturated carbocycles. The van der Waals surface area contributed by atoms with Crippen molar-refractivity contribution in [3.8, 4) is 0 Å². The van der Waals surface area contributed by atoms with Gasteiger partial charge in [0.2, 0.25) is 10.0 Å². The van der Waals surface area contributed by atoms with E-state index in [1.54, 1.807) is 6.20 Å². The fourth-order valence-corrected chi connectivity index (χ4v) is 3.51. The van der Waals surface area contributed by atoms with E-state index >= 15 is 0 Å². The van der Waals surface area contributed by atoms with Gasteiger partial charge >= 0.3 is 0 Å². The number of rotatable bonds is 4. The molecule has 0 spiro atoms. The van der Waals surface area contributed by atoms with Gasteiger partial charge < -0.3 is 0 Å². The third-order valence-electron chi connectivity index (χ3n) is 2.11. The maximum absolute atomic E-state index is 12.0. The number of nitrogens with one attached hydrogen (secondary N) is 1. The van der Waals surface area contributed by atoms with Gasteiger partial charge in [0.1, 0.15) is 9.90 Å². The summed E-state index contributed by atoms with van der Waals surface area (Å²) < 4.78 is 26.4. The van der Waals surface area contributed by atoms with Crippen molar-refractivity contribution in [3.63, 3.8) is 0 Å². The number of sulfonamides is 1. The van der Waals surface area contributed by atoms with E-state index in [2.05, 4.69) is 14.7 Å². The van der Waals surface area contributed by atoms with Crippen LogP contribution in [-0.2, 0) is 16.6 Å². The van der Waals surface area contributed by atoms with Gasteiger partial charge in [0, 0.05) is 23.5 Å². The largest absolute Gasteiger partial charge is 0.263 e. The Hall–Kier alpha value is -1.02. The van der Waals surface area contributed by atoms with Crippen molar-refractivity contribution in [2.24, 2.45) is 0 Å². The number of aromatic nitrogens is 2. The van der Waals surface area contributed by atoms with Crippen LogP contribution in [-0.4, -0.2) is 18.4 Å². The maximum Gasteiger partial charge on any atom is 0.243 e. The Balaban J connectivity index is 2.16. The van der Waals surface area contributed by atoms with E-state index in [4.69, 9.17) is 11.6 Å². The first-order valence-corrected chi connectivity index (χ1v) is 7.67.